The molecule has 0 aliphatic heterocycles. The molecule has 0 aromatic rings. The molecule has 0 spiro atoms. The molecule has 0 fully saturated rings. The van der Waals surface area contributed by atoms with Crippen LogP contribution in [0, 0.1) is 22.7 Å². The number of nitrogens with zero attached hydrogens (tertiary/aromatic N) is 2. The number of hydrogen-bond donors (Lipinski definition) is 0. The third kappa shape index (κ3) is 15.7. The average molecular weight is 164 g/mol. The Bertz CT molecular complexity index is 220. The van der Waals surface area contributed by atoms with E-state index in [9.17, 15) is 4.79 Å². The van der Waals surface area contributed by atoms with Crippen molar-refractivity contribution in [3.63, 3.8) is 0 Å². The molecular weight excluding hydrogens is 156 g/mol. The number of carbonyl (C=O) groups is 1. The van der Waals surface area contributed by atoms with E-state index in [4.69, 9.17) is 10.5 Å². The van der Waals surface area contributed by atoms with Gasteiger partial charge in [-0.15, -0.1) is 0 Å². The second-order valence-corrected chi connectivity index (χ2v) is 1.35. The summed E-state index contributed by atoms with van der Waals surface area (Å²) in [6.45, 7) is 6.81. The molecular formula is C8H8N2O2. The van der Waals surface area contributed by atoms with Crippen LogP contribution in [0.5, 0.6) is 0 Å². The van der Waals surface area contributed by atoms with Crippen LogP contribution in [0.1, 0.15) is 0 Å². The number of carbonyl (C=O) groups excluding carboxylic acids is 1. The predicted octanol–water partition coefficient (Wildman–Crippen LogP) is 0.935. The van der Waals surface area contributed by atoms with Gasteiger partial charge in [-0.05, 0) is 0 Å². The smallest absolute Gasteiger partial charge is 0.330 e. The van der Waals surface area contributed by atoms with E-state index >= 15 is 0 Å². The lowest BCUT2D eigenvalue weighted by Crippen LogP contribution is -1.98. The minimum absolute atomic E-state index is 0.255. The highest BCUT2D eigenvalue weighted by atomic mass is 16.5. The normalized spacial score (nSPS) is 5.83. The van der Waals surface area contributed by atoms with Gasteiger partial charge in [0.05, 0.1) is 0 Å². The molecule has 0 amide bonds. The standard InChI is InChI=1S/C6H8O2.C2N2/c1-3-5-8-6(7)4-2;3-1-2-4/h3-4H,1-2,5H2;. The summed E-state index contributed by atoms with van der Waals surface area (Å²) < 4.78 is 4.47. The maximum Gasteiger partial charge on any atom is 0.330 e. The summed E-state index contributed by atoms with van der Waals surface area (Å²) in [5.41, 5.74) is 0. The minimum atomic E-state index is -0.412. The van der Waals surface area contributed by atoms with Crippen LogP contribution in [0.3, 0.4) is 0 Å². The van der Waals surface area contributed by atoms with Crippen LogP contribution in [-0.2, 0) is 9.53 Å². The first kappa shape index (κ1) is 12.6. The molecule has 0 aromatic heterocycles. The quantitative estimate of drug-likeness (QED) is 0.353. The zero-order valence-corrected chi connectivity index (χ0v) is 6.49. The highest BCUT2D eigenvalue weighted by Gasteiger charge is 1.87. The van der Waals surface area contributed by atoms with Crippen LogP contribution in [0.4, 0.5) is 0 Å². The lowest BCUT2D eigenvalue weighted by Gasteiger charge is -1.92. The first-order chi connectivity index (χ1) is 5.72. The number of hydrogen-bond acceptors (Lipinski definition) is 4. The van der Waals surface area contributed by atoms with E-state index in [0.29, 0.717) is 0 Å². The lowest BCUT2D eigenvalue weighted by atomic mass is 10.6. The maximum absolute atomic E-state index is 10.2. The van der Waals surface area contributed by atoms with Gasteiger partial charge in [-0.1, -0.05) is 19.2 Å². The van der Waals surface area contributed by atoms with Crippen LogP contribution in [0.2, 0.25) is 0 Å². The second kappa shape index (κ2) is 11.7. The lowest BCUT2D eigenvalue weighted by molar-refractivity contribution is -0.136. The van der Waals surface area contributed by atoms with Gasteiger partial charge in [0, 0.05) is 6.08 Å². The Kier molecular flexibility index (Phi) is 12.3. The highest BCUT2D eigenvalue weighted by molar-refractivity contribution is 5.81. The molecule has 0 aliphatic rings. The Hall–Kier alpha value is -2.07. The Morgan fingerprint density at radius 2 is 1.92 bits per heavy atom. The molecule has 0 bridgehead atoms. The fourth-order valence-corrected chi connectivity index (χ4v) is 0.200. The van der Waals surface area contributed by atoms with Crippen molar-refractivity contribution in [1.29, 1.82) is 10.5 Å². The summed E-state index contributed by atoms with van der Waals surface area (Å²) >= 11 is 0. The molecule has 0 aliphatic carbocycles. The first-order valence-corrected chi connectivity index (χ1v) is 2.91. The van der Waals surface area contributed by atoms with Gasteiger partial charge in [0.15, 0.2) is 12.1 Å². The Labute approximate surface area is 71.0 Å². The molecule has 0 radical (unpaired) electrons. The number of nitriles is 2. The van der Waals surface area contributed by atoms with Gasteiger partial charge in [0.2, 0.25) is 0 Å². The van der Waals surface area contributed by atoms with Gasteiger partial charge < -0.3 is 4.74 Å². The van der Waals surface area contributed by atoms with Crippen LogP contribution >= 0.6 is 0 Å². The maximum atomic E-state index is 10.2. The van der Waals surface area contributed by atoms with Crippen molar-refractivity contribution in [3.8, 4) is 12.1 Å². The van der Waals surface area contributed by atoms with Crippen molar-refractivity contribution in [2.45, 2.75) is 0 Å². The molecule has 4 heteroatoms. The molecule has 0 saturated carbocycles. The minimum Gasteiger partial charge on any atom is -0.458 e. The molecule has 0 atom stereocenters. The first-order valence-electron chi connectivity index (χ1n) is 2.91. The fourth-order valence-electron chi connectivity index (χ4n) is 0.200. The van der Waals surface area contributed by atoms with Crippen molar-refractivity contribution in [3.05, 3.63) is 25.3 Å². The third-order valence-corrected chi connectivity index (χ3v) is 0.560. The van der Waals surface area contributed by atoms with Crippen LogP contribution in [-0.4, -0.2) is 12.6 Å². The van der Waals surface area contributed by atoms with Crippen molar-refractivity contribution < 1.29 is 9.53 Å². The summed E-state index contributed by atoms with van der Waals surface area (Å²) in [6, 6.07) is 2.47. The molecule has 0 heterocycles. The van der Waals surface area contributed by atoms with Gasteiger partial charge in [0.1, 0.15) is 6.61 Å². The van der Waals surface area contributed by atoms with E-state index in [2.05, 4.69) is 17.9 Å². The molecule has 62 valence electrons. The summed E-state index contributed by atoms with van der Waals surface area (Å²) in [7, 11) is 0. The Morgan fingerprint density at radius 3 is 2.17 bits per heavy atom. The Morgan fingerprint density at radius 1 is 1.42 bits per heavy atom. The molecule has 0 rings (SSSR count). The van der Waals surface area contributed by atoms with Gasteiger partial charge in [-0.25, -0.2) is 4.79 Å². The van der Waals surface area contributed by atoms with Crippen molar-refractivity contribution in [1.82, 2.24) is 0 Å². The average Bonchev–Trinajstić information content (AvgIpc) is 2.14. The van der Waals surface area contributed by atoms with Gasteiger partial charge >= 0.3 is 5.97 Å². The summed E-state index contributed by atoms with van der Waals surface area (Å²) in [5, 5.41) is 14.5. The van der Waals surface area contributed by atoms with E-state index in [0.717, 1.165) is 6.08 Å². The van der Waals surface area contributed by atoms with Gasteiger partial charge in [0.25, 0.3) is 0 Å². The summed E-state index contributed by atoms with van der Waals surface area (Å²) in [4.78, 5) is 10.2. The highest BCUT2D eigenvalue weighted by Crippen LogP contribution is 1.77. The molecule has 12 heavy (non-hydrogen) atoms. The topological polar surface area (TPSA) is 73.9 Å². The van der Waals surface area contributed by atoms with E-state index in [1.54, 1.807) is 0 Å². The monoisotopic (exact) mass is 164 g/mol. The molecule has 0 saturated heterocycles. The fraction of sp³-hybridized carbons (Fsp3) is 0.125. The second-order valence-electron chi connectivity index (χ2n) is 1.35. The van der Waals surface area contributed by atoms with E-state index in [-0.39, 0.29) is 6.61 Å². The summed E-state index contributed by atoms with van der Waals surface area (Å²) in [6.07, 6.45) is 2.62. The van der Waals surface area contributed by atoms with Crippen LogP contribution in [0.15, 0.2) is 25.3 Å². The molecule has 0 N–H and O–H groups in total. The SMILES string of the molecule is C=CCOC(=O)C=C.N#CC#N. The van der Waals surface area contributed by atoms with Crippen molar-refractivity contribution in [2.75, 3.05) is 6.61 Å². The van der Waals surface area contributed by atoms with E-state index in [1.165, 1.54) is 18.2 Å². The van der Waals surface area contributed by atoms with Crippen LogP contribution in [0.25, 0.3) is 0 Å². The van der Waals surface area contributed by atoms with Crippen molar-refractivity contribution >= 4 is 5.97 Å². The van der Waals surface area contributed by atoms with E-state index in [1.807, 2.05) is 0 Å². The largest absolute Gasteiger partial charge is 0.458 e. The summed E-state index contributed by atoms with van der Waals surface area (Å²) in [5.74, 6) is -0.412. The van der Waals surface area contributed by atoms with Crippen LogP contribution < -0.4 is 0 Å². The predicted molar refractivity (Wildman–Crippen MR) is 42.6 cm³/mol. The number of esters is 1. The Balaban J connectivity index is 0. The number of ether oxygens (including phenoxy) is 1. The van der Waals surface area contributed by atoms with E-state index < -0.39 is 5.97 Å². The molecule has 0 unspecified atom stereocenters. The molecule has 4 nitrogen and oxygen atoms in total. The molecule has 0 aromatic carbocycles. The van der Waals surface area contributed by atoms with Gasteiger partial charge in [-0.3, -0.25) is 0 Å². The van der Waals surface area contributed by atoms with Crippen molar-refractivity contribution in [2.24, 2.45) is 0 Å². The zero-order chi connectivity index (χ0) is 9.82. The van der Waals surface area contributed by atoms with Gasteiger partial charge in [-0.2, -0.15) is 10.5 Å². The third-order valence-electron chi connectivity index (χ3n) is 0.560. The number of rotatable bonds is 3. The zero-order valence-electron chi connectivity index (χ0n) is 6.49.